The van der Waals surface area contributed by atoms with Crippen molar-refractivity contribution < 1.29 is 4.39 Å². The summed E-state index contributed by atoms with van der Waals surface area (Å²) >= 11 is 0. The number of hydrogen-bond donors (Lipinski definition) is 1. The van der Waals surface area contributed by atoms with E-state index in [1.165, 1.54) is 12.8 Å². The van der Waals surface area contributed by atoms with Crippen LogP contribution in [0.2, 0.25) is 0 Å². The van der Waals surface area contributed by atoms with E-state index in [0.717, 1.165) is 18.5 Å². The van der Waals surface area contributed by atoms with Crippen LogP contribution >= 0.6 is 0 Å². The zero-order chi connectivity index (χ0) is 14.7. The van der Waals surface area contributed by atoms with Gasteiger partial charge >= 0.3 is 0 Å². The molecule has 0 saturated heterocycles. The number of hydrogen-bond acceptors (Lipinski definition) is 2. The summed E-state index contributed by atoms with van der Waals surface area (Å²) in [4.78, 5) is 2.44. The first-order chi connectivity index (χ1) is 9.54. The van der Waals surface area contributed by atoms with Crippen LogP contribution in [0, 0.1) is 11.7 Å². The van der Waals surface area contributed by atoms with E-state index in [2.05, 4.69) is 25.7 Å². The summed E-state index contributed by atoms with van der Waals surface area (Å²) in [5.41, 5.74) is 7.11. The van der Waals surface area contributed by atoms with Gasteiger partial charge in [-0.15, -0.1) is 0 Å². The van der Waals surface area contributed by atoms with Crippen LogP contribution < -0.4 is 5.73 Å². The average molecular weight is 278 g/mol. The van der Waals surface area contributed by atoms with Gasteiger partial charge in [-0.3, -0.25) is 4.90 Å². The molecule has 2 atom stereocenters. The fraction of sp³-hybridized carbons (Fsp3) is 0.647. The van der Waals surface area contributed by atoms with Crippen LogP contribution in [0.4, 0.5) is 4.39 Å². The molecule has 2 rings (SSSR count). The lowest BCUT2D eigenvalue weighted by Gasteiger charge is -2.37. The van der Waals surface area contributed by atoms with Crippen LogP contribution in [0.5, 0.6) is 0 Å². The molecule has 1 aromatic rings. The minimum absolute atomic E-state index is 0.00361. The lowest BCUT2D eigenvalue weighted by Crippen LogP contribution is -2.44. The quantitative estimate of drug-likeness (QED) is 0.823. The first-order valence-corrected chi connectivity index (χ1v) is 7.80. The van der Waals surface area contributed by atoms with Crippen molar-refractivity contribution in [2.45, 2.75) is 58.2 Å². The van der Waals surface area contributed by atoms with Crippen LogP contribution in [0.25, 0.3) is 0 Å². The van der Waals surface area contributed by atoms with Crippen molar-refractivity contribution in [2.75, 3.05) is 6.54 Å². The van der Waals surface area contributed by atoms with Gasteiger partial charge in [0.25, 0.3) is 0 Å². The van der Waals surface area contributed by atoms with Crippen molar-refractivity contribution in [1.82, 2.24) is 4.90 Å². The Morgan fingerprint density at radius 2 is 1.95 bits per heavy atom. The fourth-order valence-electron chi connectivity index (χ4n) is 2.91. The highest BCUT2D eigenvalue weighted by atomic mass is 19.1. The Bertz CT molecular complexity index is 429. The molecule has 0 heterocycles. The van der Waals surface area contributed by atoms with E-state index in [1.807, 2.05) is 12.1 Å². The third-order valence-corrected chi connectivity index (χ3v) is 4.05. The Kier molecular flexibility index (Phi) is 5.17. The smallest absolute Gasteiger partial charge is 0.128 e. The summed E-state index contributed by atoms with van der Waals surface area (Å²) in [7, 11) is 0. The molecule has 20 heavy (non-hydrogen) atoms. The molecule has 2 unspecified atom stereocenters. The first-order valence-electron chi connectivity index (χ1n) is 7.80. The lowest BCUT2D eigenvalue weighted by atomic mass is 9.94. The molecular weight excluding hydrogens is 251 g/mol. The number of nitrogens with zero attached hydrogens (tertiary/aromatic N) is 1. The van der Waals surface area contributed by atoms with E-state index in [-0.39, 0.29) is 17.9 Å². The minimum Gasteiger partial charge on any atom is -0.326 e. The highest BCUT2D eigenvalue weighted by Gasteiger charge is 2.37. The highest BCUT2D eigenvalue weighted by molar-refractivity contribution is 5.23. The van der Waals surface area contributed by atoms with E-state index in [9.17, 15) is 4.39 Å². The third kappa shape index (κ3) is 3.58. The van der Waals surface area contributed by atoms with E-state index < -0.39 is 0 Å². The molecule has 1 aliphatic rings. The van der Waals surface area contributed by atoms with Gasteiger partial charge in [0, 0.05) is 24.2 Å². The maximum absolute atomic E-state index is 14.2. The number of halogens is 1. The number of nitrogens with two attached hydrogens (primary N) is 1. The molecule has 1 aliphatic carbocycles. The molecule has 0 radical (unpaired) electrons. The zero-order valence-electron chi connectivity index (χ0n) is 12.8. The van der Waals surface area contributed by atoms with Crippen LogP contribution in [0.3, 0.4) is 0 Å². The van der Waals surface area contributed by atoms with Crippen LogP contribution in [0.15, 0.2) is 24.3 Å². The predicted octanol–water partition coefficient (Wildman–Crippen LogP) is 3.72. The molecule has 1 saturated carbocycles. The molecule has 0 aliphatic heterocycles. The molecule has 1 aromatic carbocycles. The fourth-order valence-corrected chi connectivity index (χ4v) is 2.91. The largest absolute Gasteiger partial charge is 0.326 e. The Morgan fingerprint density at radius 1 is 1.30 bits per heavy atom. The summed E-state index contributed by atoms with van der Waals surface area (Å²) in [6.07, 6.45) is 3.29. The van der Waals surface area contributed by atoms with Gasteiger partial charge in [0.15, 0.2) is 0 Å². The van der Waals surface area contributed by atoms with E-state index in [1.54, 1.807) is 12.1 Å². The van der Waals surface area contributed by atoms with Gasteiger partial charge in [-0.2, -0.15) is 0 Å². The summed E-state index contributed by atoms with van der Waals surface area (Å²) in [5.74, 6) is 0.435. The van der Waals surface area contributed by atoms with E-state index >= 15 is 0 Å². The summed E-state index contributed by atoms with van der Waals surface area (Å²) in [5, 5.41) is 0. The Balaban J connectivity index is 2.32. The molecule has 3 heteroatoms. The Labute approximate surface area is 122 Å². The second-order valence-corrected chi connectivity index (χ2v) is 6.36. The molecule has 2 N–H and O–H groups in total. The molecule has 0 amide bonds. The molecular formula is C17H27FN2. The van der Waals surface area contributed by atoms with Gasteiger partial charge in [0.1, 0.15) is 5.82 Å². The van der Waals surface area contributed by atoms with Gasteiger partial charge in [-0.1, -0.05) is 39.0 Å². The third-order valence-electron chi connectivity index (χ3n) is 4.05. The van der Waals surface area contributed by atoms with Crippen LogP contribution in [0.1, 0.15) is 51.6 Å². The number of rotatable bonds is 7. The summed E-state index contributed by atoms with van der Waals surface area (Å²) in [6, 6.07) is 7.66. The molecule has 0 aromatic heterocycles. The van der Waals surface area contributed by atoms with Crippen LogP contribution in [-0.4, -0.2) is 23.5 Å². The maximum atomic E-state index is 14.2. The number of benzene rings is 1. The summed E-state index contributed by atoms with van der Waals surface area (Å²) < 4.78 is 14.2. The Hall–Kier alpha value is -0.930. The predicted molar refractivity (Wildman–Crippen MR) is 82.0 cm³/mol. The Morgan fingerprint density at radius 3 is 2.45 bits per heavy atom. The molecule has 0 bridgehead atoms. The molecule has 1 fully saturated rings. The van der Waals surface area contributed by atoms with E-state index in [0.29, 0.717) is 12.0 Å². The monoisotopic (exact) mass is 278 g/mol. The highest BCUT2D eigenvalue weighted by Crippen LogP contribution is 2.37. The standard InChI is InChI=1S/C17H27FN2/c1-4-16(19)17(14-7-5-6-8-15(14)18)20(11-12(2)3)13-9-10-13/h5-8,12-13,16-17H,4,9-11,19H2,1-3H3. The van der Waals surface area contributed by atoms with Crippen molar-refractivity contribution >= 4 is 0 Å². The average Bonchev–Trinajstić information content (AvgIpc) is 3.23. The minimum atomic E-state index is -0.129. The molecule has 112 valence electrons. The molecule has 2 nitrogen and oxygen atoms in total. The topological polar surface area (TPSA) is 29.3 Å². The second-order valence-electron chi connectivity index (χ2n) is 6.36. The van der Waals surface area contributed by atoms with Gasteiger partial charge in [0.05, 0.1) is 6.04 Å². The van der Waals surface area contributed by atoms with Crippen molar-refractivity contribution in [2.24, 2.45) is 11.7 Å². The van der Waals surface area contributed by atoms with Gasteiger partial charge in [-0.25, -0.2) is 4.39 Å². The van der Waals surface area contributed by atoms with Crippen LogP contribution in [-0.2, 0) is 0 Å². The molecule has 0 spiro atoms. The second kappa shape index (κ2) is 6.68. The van der Waals surface area contributed by atoms with Gasteiger partial charge < -0.3 is 5.73 Å². The summed E-state index contributed by atoms with van der Waals surface area (Å²) in [6.45, 7) is 7.49. The van der Waals surface area contributed by atoms with Gasteiger partial charge in [-0.05, 0) is 31.2 Å². The van der Waals surface area contributed by atoms with Crippen molar-refractivity contribution in [3.05, 3.63) is 35.6 Å². The SMILES string of the molecule is CCC(N)C(c1ccccc1F)N(CC(C)C)C1CC1. The van der Waals surface area contributed by atoms with Crippen molar-refractivity contribution in [3.63, 3.8) is 0 Å². The first kappa shape index (κ1) is 15.5. The maximum Gasteiger partial charge on any atom is 0.128 e. The van der Waals surface area contributed by atoms with Gasteiger partial charge in [0.2, 0.25) is 0 Å². The van der Waals surface area contributed by atoms with Crippen molar-refractivity contribution in [1.29, 1.82) is 0 Å². The zero-order valence-corrected chi connectivity index (χ0v) is 12.8. The van der Waals surface area contributed by atoms with Crippen molar-refractivity contribution in [3.8, 4) is 0 Å². The lowest BCUT2D eigenvalue weighted by molar-refractivity contribution is 0.138. The normalized spacial score (nSPS) is 18.6. The van der Waals surface area contributed by atoms with E-state index in [4.69, 9.17) is 5.73 Å².